The summed E-state index contributed by atoms with van der Waals surface area (Å²) >= 11 is 1.61. The molecule has 0 N–H and O–H groups in total. The summed E-state index contributed by atoms with van der Waals surface area (Å²) in [6, 6.07) is 0. The molecule has 1 aliphatic heterocycles. The number of ether oxygens (including phenoxy) is 2. The van der Waals surface area contributed by atoms with Gasteiger partial charge in [0.15, 0.2) is 0 Å². The van der Waals surface area contributed by atoms with E-state index in [0.717, 1.165) is 4.88 Å². The van der Waals surface area contributed by atoms with Gasteiger partial charge < -0.3 is 9.47 Å². The smallest absolute Gasteiger partial charge is 0.150 e. The molecule has 0 spiro atoms. The summed E-state index contributed by atoms with van der Waals surface area (Å²) < 4.78 is 10.5. The Morgan fingerprint density at radius 3 is 2.91 bits per heavy atom. The molecule has 0 bridgehead atoms. The van der Waals surface area contributed by atoms with E-state index in [1.54, 1.807) is 18.4 Å². The van der Waals surface area contributed by atoms with Crippen molar-refractivity contribution in [1.82, 2.24) is 4.98 Å². The highest BCUT2D eigenvalue weighted by atomic mass is 32.1. The van der Waals surface area contributed by atoms with Crippen LogP contribution in [0, 0.1) is 0 Å². The zero-order chi connectivity index (χ0) is 7.73. The molecule has 60 valence electrons. The Morgan fingerprint density at radius 2 is 2.55 bits per heavy atom. The van der Waals surface area contributed by atoms with Crippen LogP contribution in [0.25, 0.3) is 0 Å². The molecular weight excluding hydrogens is 162 g/mol. The maximum absolute atomic E-state index is 5.36. The molecule has 1 aromatic rings. The van der Waals surface area contributed by atoms with Gasteiger partial charge >= 0.3 is 0 Å². The van der Waals surface area contributed by atoms with Gasteiger partial charge in [-0.2, -0.15) is 0 Å². The molecule has 1 aromatic heterocycles. The highest BCUT2D eigenvalue weighted by Crippen LogP contribution is 2.34. The molecular formula is C7H9NO2S. The van der Waals surface area contributed by atoms with Gasteiger partial charge in [-0.25, -0.2) is 0 Å². The average Bonchev–Trinajstić information content (AvgIpc) is 2.39. The van der Waals surface area contributed by atoms with E-state index < -0.39 is 0 Å². The Labute approximate surface area is 69.0 Å². The van der Waals surface area contributed by atoms with Gasteiger partial charge in [-0.3, -0.25) is 4.98 Å². The average molecular weight is 171 g/mol. The van der Waals surface area contributed by atoms with E-state index in [1.165, 1.54) is 0 Å². The van der Waals surface area contributed by atoms with E-state index in [-0.39, 0.29) is 5.60 Å². The van der Waals surface area contributed by atoms with Crippen LogP contribution in [0.3, 0.4) is 0 Å². The van der Waals surface area contributed by atoms with Crippen LogP contribution < -0.4 is 0 Å². The topological polar surface area (TPSA) is 31.4 Å². The second-order valence-corrected chi connectivity index (χ2v) is 3.44. The lowest BCUT2D eigenvalue weighted by molar-refractivity contribution is -0.200. The third-order valence-electron chi connectivity index (χ3n) is 1.94. The number of thiazole rings is 1. The van der Waals surface area contributed by atoms with Gasteiger partial charge in [-0.15, -0.1) is 11.3 Å². The highest BCUT2D eigenvalue weighted by Gasteiger charge is 2.41. The minimum atomic E-state index is -0.179. The number of nitrogens with zero attached hydrogens (tertiary/aromatic N) is 1. The second-order valence-electron chi connectivity index (χ2n) is 2.56. The minimum Gasteiger partial charge on any atom is -0.374 e. The van der Waals surface area contributed by atoms with E-state index in [0.29, 0.717) is 13.2 Å². The SMILES string of the molecule is COC1(c2cncs2)COC1. The van der Waals surface area contributed by atoms with Crippen molar-refractivity contribution >= 4 is 11.3 Å². The van der Waals surface area contributed by atoms with Crippen molar-refractivity contribution < 1.29 is 9.47 Å². The molecule has 1 aliphatic rings. The van der Waals surface area contributed by atoms with Crippen molar-refractivity contribution in [2.24, 2.45) is 0 Å². The molecule has 0 atom stereocenters. The van der Waals surface area contributed by atoms with Gasteiger partial charge in [0, 0.05) is 13.3 Å². The largest absolute Gasteiger partial charge is 0.374 e. The maximum atomic E-state index is 5.36. The maximum Gasteiger partial charge on any atom is 0.150 e. The Morgan fingerprint density at radius 1 is 1.73 bits per heavy atom. The summed E-state index contributed by atoms with van der Waals surface area (Å²) in [7, 11) is 1.71. The molecule has 0 amide bonds. The molecule has 2 rings (SSSR count). The van der Waals surface area contributed by atoms with E-state index >= 15 is 0 Å². The Balaban J connectivity index is 2.25. The predicted molar refractivity (Wildman–Crippen MR) is 41.6 cm³/mol. The van der Waals surface area contributed by atoms with Crippen molar-refractivity contribution in [2.75, 3.05) is 20.3 Å². The van der Waals surface area contributed by atoms with Gasteiger partial charge in [0.25, 0.3) is 0 Å². The quantitative estimate of drug-likeness (QED) is 0.665. The summed E-state index contributed by atoms with van der Waals surface area (Å²) in [5.41, 5.74) is 1.63. The lowest BCUT2D eigenvalue weighted by atomic mass is 10.0. The first-order valence-electron chi connectivity index (χ1n) is 3.39. The Bertz CT molecular complexity index is 225. The van der Waals surface area contributed by atoms with Crippen LogP contribution in [-0.2, 0) is 15.1 Å². The van der Waals surface area contributed by atoms with Crippen LogP contribution in [0.15, 0.2) is 11.7 Å². The lowest BCUT2D eigenvalue weighted by Crippen LogP contribution is -2.47. The monoisotopic (exact) mass is 171 g/mol. The van der Waals surface area contributed by atoms with Crippen LogP contribution in [0.4, 0.5) is 0 Å². The first kappa shape index (κ1) is 7.21. The number of hydrogen-bond acceptors (Lipinski definition) is 4. The normalized spacial score (nSPS) is 21.2. The summed E-state index contributed by atoms with van der Waals surface area (Å²) in [5, 5.41) is 0. The highest BCUT2D eigenvalue weighted by molar-refractivity contribution is 7.09. The van der Waals surface area contributed by atoms with E-state index in [9.17, 15) is 0 Å². The zero-order valence-electron chi connectivity index (χ0n) is 6.24. The predicted octanol–water partition coefficient (Wildman–Crippen LogP) is 1.02. The molecule has 3 nitrogen and oxygen atoms in total. The van der Waals surface area contributed by atoms with Crippen molar-refractivity contribution in [1.29, 1.82) is 0 Å². The zero-order valence-corrected chi connectivity index (χ0v) is 7.06. The molecule has 0 saturated carbocycles. The lowest BCUT2D eigenvalue weighted by Gasteiger charge is -2.38. The summed E-state index contributed by atoms with van der Waals surface area (Å²) in [6.07, 6.45) is 1.84. The van der Waals surface area contributed by atoms with Gasteiger partial charge in [0.1, 0.15) is 5.60 Å². The van der Waals surface area contributed by atoms with Crippen LogP contribution in [0.2, 0.25) is 0 Å². The molecule has 4 heteroatoms. The number of methoxy groups -OCH3 is 1. The van der Waals surface area contributed by atoms with Crippen molar-refractivity contribution in [3.8, 4) is 0 Å². The standard InChI is InChI=1S/C7H9NO2S/c1-9-7(3-10-4-7)6-2-8-5-11-6/h2,5H,3-4H2,1H3. The van der Waals surface area contributed by atoms with Gasteiger partial charge in [-0.1, -0.05) is 0 Å². The number of hydrogen-bond donors (Lipinski definition) is 0. The summed E-state index contributed by atoms with van der Waals surface area (Å²) in [4.78, 5) is 5.16. The third kappa shape index (κ3) is 0.982. The van der Waals surface area contributed by atoms with Crippen LogP contribution in [0.5, 0.6) is 0 Å². The van der Waals surface area contributed by atoms with Crippen molar-refractivity contribution in [2.45, 2.75) is 5.60 Å². The van der Waals surface area contributed by atoms with E-state index in [1.807, 2.05) is 11.7 Å². The molecule has 1 fully saturated rings. The first-order chi connectivity index (χ1) is 5.37. The number of aromatic nitrogens is 1. The molecule has 11 heavy (non-hydrogen) atoms. The van der Waals surface area contributed by atoms with Crippen LogP contribution >= 0.6 is 11.3 Å². The second kappa shape index (κ2) is 2.55. The fraction of sp³-hybridized carbons (Fsp3) is 0.571. The van der Waals surface area contributed by atoms with E-state index in [4.69, 9.17) is 9.47 Å². The van der Waals surface area contributed by atoms with Crippen LogP contribution in [-0.4, -0.2) is 25.3 Å². The fourth-order valence-corrected chi connectivity index (χ4v) is 1.86. The molecule has 2 heterocycles. The van der Waals surface area contributed by atoms with Gasteiger partial charge in [0.05, 0.1) is 23.6 Å². The molecule has 0 unspecified atom stereocenters. The number of rotatable bonds is 2. The third-order valence-corrected chi connectivity index (χ3v) is 2.90. The van der Waals surface area contributed by atoms with Crippen LogP contribution in [0.1, 0.15) is 4.88 Å². The molecule has 1 saturated heterocycles. The summed E-state index contributed by atoms with van der Waals surface area (Å²) in [6.45, 7) is 1.32. The Kier molecular flexibility index (Phi) is 1.67. The fourth-order valence-electron chi connectivity index (χ4n) is 1.09. The van der Waals surface area contributed by atoms with Gasteiger partial charge in [-0.05, 0) is 0 Å². The minimum absolute atomic E-state index is 0.179. The molecule has 0 aromatic carbocycles. The first-order valence-corrected chi connectivity index (χ1v) is 4.27. The van der Waals surface area contributed by atoms with Crippen molar-refractivity contribution in [3.63, 3.8) is 0 Å². The van der Waals surface area contributed by atoms with Crippen molar-refractivity contribution in [3.05, 3.63) is 16.6 Å². The summed E-state index contributed by atoms with van der Waals surface area (Å²) in [5.74, 6) is 0. The molecule has 0 aliphatic carbocycles. The molecule has 0 radical (unpaired) electrons. The van der Waals surface area contributed by atoms with E-state index in [2.05, 4.69) is 4.98 Å². The Hall–Kier alpha value is -0.450. The van der Waals surface area contributed by atoms with Gasteiger partial charge in [0.2, 0.25) is 0 Å².